The molecule has 0 N–H and O–H groups in total. The highest BCUT2D eigenvalue weighted by molar-refractivity contribution is 8.00. The zero-order valence-corrected chi connectivity index (χ0v) is 13.6. The van der Waals surface area contributed by atoms with Gasteiger partial charge in [-0.2, -0.15) is 0 Å². The Morgan fingerprint density at radius 2 is 2.14 bits per heavy atom. The zero-order valence-electron chi connectivity index (χ0n) is 12.0. The smallest absolute Gasteiger partial charge is 0.174 e. The molecule has 1 atom stereocenters. The molecule has 1 aliphatic rings. The summed E-state index contributed by atoms with van der Waals surface area (Å²) in [7, 11) is 2.06. The van der Waals surface area contributed by atoms with Gasteiger partial charge in [-0.1, -0.05) is 35.2 Å². The van der Waals surface area contributed by atoms with E-state index in [1.807, 2.05) is 30.5 Å². The number of hydrogen-bond acceptors (Lipinski definition) is 7. The normalized spacial score (nSPS) is 17.2. The number of fused-ring (bicyclic) bond motifs is 1. The highest BCUT2D eigenvalue weighted by Crippen LogP contribution is 2.31. The molecule has 0 spiro atoms. The minimum Gasteiger partial charge on any atom is -0.486 e. The topological polar surface area (TPSA) is 47.5 Å². The van der Waals surface area contributed by atoms with Crippen LogP contribution in [0, 0.1) is 0 Å². The van der Waals surface area contributed by atoms with E-state index in [2.05, 4.69) is 22.1 Å². The molecule has 1 aromatic heterocycles. The van der Waals surface area contributed by atoms with Crippen LogP contribution in [0.15, 0.2) is 28.6 Å². The quantitative estimate of drug-likeness (QED) is 0.788. The van der Waals surface area contributed by atoms with Crippen molar-refractivity contribution in [3.8, 4) is 11.5 Å². The standard InChI is InChI=1S/C14H17N3O2S2/c1-17(8-13-15-16-14(20-2)21-13)7-10-9-18-11-5-3-4-6-12(11)19-10/h3-6,10H,7-9H2,1-2H3/t10-/m1/s1. The van der Waals surface area contributed by atoms with Crippen molar-refractivity contribution in [3.05, 3.63) is 29.3 Å². The van der Waals surface area contributed by atoms with Crippen molar-refractivity contribution < 1.29 is 9.47 Å². The van der Waals surface area contributed by atoms with Crippen LogP contribution in [-0.4, -0.2) is 47.7 Å². The predicted octanol–water partition coefficient (Wildman–Crippen LogP) is 2.53. The van der Waals surface area contributed by atoms with Gasteiger partial charge in [-0.3, -0.25) is 4.90 Å². The van der Waals surface area contributed by atoms with Crippen LogP contribution in [0.3, 0.4) is 0 Å². The Kier molecular flexibility index (Phi) is 4.62. The molecule has 3 rings (SSSR count). The van der Waals surface area contributed by atoms with E-state index in [0.29, 0.717) is 6.61 Å². The molecule has 0 amide bonds. The molecule has 2 aromatic rings. The fraction of sp³-hybridized carbons (Fsp3) is 0.429. The number of para-hydroxylation sites is 2. The van der Waals surface area contributed by atoms with Gasteiger partial charge in [0.15, 0.2) is 15.8 Å². The first-order chi connectivity index (χ1) is 10.2. The molecule has 0 unspecified atom stereocenters. The van der Waals surface area contributed by atoms with Crippen molar-refractivity contribution in [3.63, 3.8) is 0 Å². The number of thioether (sulfide) groups is 1. The van der Waals surface area contributed by atoms with E-state index in [-0.39, 0.29) is 6.10 Å². The van der Waals surface area contributed by atoms with Crippen molar-refractivity contribution in [2.24, 2.45) is 0 Å². The van der Waals surface area contributed by atoms with Crippen LogP contribution < -0.4 is 9.47 Å². The number of rotatable bonds is 5. The SMILES string of the molecule is CSc1nnc(CN(C)C[C@@H]2COc3ccccc3O2)s1. The fourth-order valence-corrected chi connectivity index (χ4v) is 3.57. The maximum absolute atomic E-state index is 5.96. The third-order valence-corrected chi connectivity index (χ3v) is 4.99. The van der Waals surface area contributed by atoms with Gasteiger partial charge in [0.1, 0.15) is 17.7 Å². The third-order valence-electron chi connectivity index (χ3n) is 3.11. The minimum atomic E-state index is 0.0397. The second kappa shape index (κ2) is 6.64. The Labute approximate surface area is 132 Å². The van der Waals surface area contributed by atoms with Gasteiger partial charge in [-0.25, -0.2) is 0 Å². The number of hydrogen-bond donors (Lipinski definition) is 0. The van der Waals surface area contributed by atoms with Gasteiger partial charge >= 0.3 is 0 Å². The summed E-state index contributed by atoms with van der Waals surface area (Å²) >= 11 is 3.27. The summed E-state index contributed by atoms with van der Waals surface area (Å²) in [6, 6.07) is 7.78. The van der Waals surface area contributed by atoms with E-state index >= 15 is 0 Å². The van der Waals surface area contributed by atoms with Crippen LogP contribution in [-0.2, 0) is 6.54 Å². The summed E-state index contributed by atoms with van der Waals surface area (Å²) < 4.78 is 12.7. The second-order valence-corrected chi connectivity index (χ2v) is 6.98. The molecular formula is C14H17N3O2S2. The highest BCUT2D eigenvalue weighted by Gasteiger charge is 2.22. The maximum Gasteiger partial charge on any atom is 0.174 e. The molecule has 0 aliphatic carbocycles. The monoisotopic (exact) mass is 323 g/mol. The number of ether oxygens (including phenoxy) is 2. The zero-order chi connectivity index (χ0) is 14.7. The van der Waals surface area contributed by atoms with Gasteiger partial charge in [0.05, 0.1) is 6.54 Å². The second-order valence-electron chi connectivity index (χ2n) is 4.86. The van der Waals surface area contributed by atoms with E-state index in [1.165, 1.54) is 0 Å². The van der Waals surface area contributed by atoms with Crippen LogP contribution in [0.25, 0.3) is 0 Å². The average molecular weight is 323 g/mol. The van der Waals surface area contributed by atoms with Gasteiger partial charge in [0.2, 0.25) is 0 Å². The van der Waals surface area contributed by atoms with Crippen LogP contribution >= 0.6 is 23.1 Å². The van der Waals surface area contributed by atoms with Crippen LogP contribution in [0.2, 0.25) is 0 Å². The van der Waals surface area contributed by atoms with Crippen LogP contribution in [0.1, 0.15) is 5.01 Å². The molecule has 2 heterocycles. The lowest BCUT2D eigenvalue weighted by molar-refractivity contribution is 0.0637. The molecule has 1 aromatic carbocycles. The first-order valence-electron chi connectivity index (χ1n) is 6.68. The Bertz CT molecular complexity index is 605. The number of likely N-dealkylation sites (N-methyl/N-ethyl adjacent to an activating group) is 1. The predicted molar refractivity (Wildman–Crippen MR) is 84.4 cm³/mol. The lowest BCUT2D eigenvalue weighted by atomic mass is 10.2. The summed E-state index contributed by atoms with van der Waals surface area (Å²) in [6.07, 6.45) is 2.05. The van der Waals surface area contributed by atoms with Crippen LogP contribution in [0.5, 0.6) is 11.5 Å². The van der Waals surface area contributed by atoms with E-state index in [0.717, 1.165) is 33.9 Å². The van der Waals surface area contributed by atoms with Crippen molar-refractivity contribution >= 4 is 23.1 Å². The molecule has 0 radical (unpaired) electrons. The summed E-state index contributed by atoms with van der Waals surface area (Å²) in [5.74, 6) is 1.65. The van der Waals surface area contributed by atoms with E-state index in [4.69, 9.17) is 9.47 Å². The van der Waals surface area contributed by atoms with E-state index < -0.39 is 0 Å². The largest absolute Gasteiger partial charge is 0.486 e. The molecule has 5 nitrogen and oxygen atoms in total. The molecule has 0 fully saturated rings. The molecule has 7 heteroatoms. The number of benzene rings is 1. The van der Waals surface area contributed by atoms with Crippen molar-refractivity contribution in [1.29, 1.82) is 0 Å². The molecule has 0 saturated carbocycles. The summed E-state index contributed by atoms with van der Waals surface area (Å²) in [5.41, 5.74) is 0. The first kappa shape index (κ1) is 14.6. The van der Waals surface area contributed by atoms with Crippen molar-refractivity contribution in [1.82, 2.24) is 15.1 Å². The summed E-state index contributed by atoms with van der Waals surface area (Å²) in [6.45, 7) is 2.15. The van der Waals surface area contributed by atoms with E-state index in [9.17, 15) is 0 Å². The van der Waals surface area contributed by atoms with Crippen molar-refractivity contribution in [2.45, 2.75) is 17.0 Å². The summed E-state index contributed by atoms with van der Waals surface area (Å²) in [5, 5.41) is 9.33. The highest BCUT2D eigenvalue weighted by atomic mass is 32.2. The van der Waals surface area contributed by atoms with Gasteiger partial charge in [-0.15, -0.1) is 10.2 Å². The van der Waals surface area contributed by atoms with Crippen molar-refractivity contribution in [2.75, 3.05) is 26.5 Å². The van der Waals surface area contributed by atoms with Crippen LogP contribution in [0.4, 0.5) is 0 Å². The molecule has 0 saturated heterocycles. The molecular weight excluding hydrogens is 306 g/mol. The Balaban J connectivity index is 1.55. The Hall–Kier alpha value is -1.31. The average Bonchev–Trinajstić information content (AvgIpc) is 2.94. The van der Waals surface area contributed by atoms with Gasteiger partial charge in [0, 0.05) is 6.54 Å². The van der Waals surface area contributed by atoms with E-state index in [1.54, 1.807) is 23.1 Å². The van der Waals surface area contributed by atoms with Gasteiger partial charge in [0.25, 0.3) is 0 Å². The summed E-state index contributed by atoms with van der Waals surface area (Å²) in [4.78, 5) is 2.19. The Morgan fingerprint density at radius 3 is 2.90 bits per heavy atom. The number of aromatic nitrogens is 2. The maximum atomic E-state index is 5.96. The Morgan fingerprint density at radius 1 is 1.33 bits per heavy atom. The molecule has 21 heavy (non-hydrogen) atoms. The van der Waals surface area contributed by atoms with Gasteiger partial charge in [-0.05, 0) is 25.4 Å². The molecule has 0 bridgehead atoms. The molecule has 1 aliphatic heterocycles. The van der Waals surface area contributed by atoms with Gasteiger partial charge < -0.3 is 9.47 Å². The lowest BCUT2D eigenvalue weighted by Gasteiger charge is -2.29. The fourth-order valence-electron chi connectivity index (χ4n) is 2.18. The number of nitrogens with zero attached hydrogens (tertiary/aromatic N) is 3. The lowest BCUT2D eigenvalue weighted by Crippen LogP contribution is -2.39. The third kappa shape index (κ3) is 3.66. The minimum absolute atomic E-state index is 0.0397. The first-order valence-corrected chi connectivity index (χ1v) is 8.72. The molecule has 112 valence electrons.